The quantitative estimate of drug-likeness (QED) is 0.770. The van der Waals surface area contributed by atoms with Crippen LogP contribution < -0.4 is 11.1 Å². The molecule has 4 heteroatoms. The Kier molecular flexibility index (Phi) is 6.14. The second kappa shape index (κ2) is 7.13. The molecule has 0 aromatic heterocycles. The van der Waals surface area contributed by atoms with Gasteiger partial charge < -0.3 is 11.1 Å². The van der Waals surface area contributed by atoms with Gasteiger partial charge in [0.2, 0.25) is 0 Å². The third-order valence-corrected chi connectivity index (χ3v) is 3.08. The Morgan fingerprint density at radius 1 is 1.38 bits per heavy atom. The van der Waals surface area contributed by atoms with E-state index in [4.69, 9.17) is 28.9 Å². The lowest BCUT2D eigenvalue weighted by atomic mass is 10.0. The fourth-order valence-corrected chi connectivity index (χ4v) is 2.18. The first kappa shape index (κ1) is 13.8. The van der Waals surface area contributed by atoms with E-state index < -0.39 is 0 Å². The van der Waals surface area contributed by atoms with Crippen molar-refractivity contribution in [1.29, 1.82) is 0 Å². The molecule has 2 nitrogen and oxygen atoms in total. The summed E-state index contributed by atoms with van der Waals surface area (Å²) in [6, 6.07) is 5.91. The molecule has 0 saturated heterocycles. The average Bonchev–Trinajstić information content (AvgIpc) is 2.26. The predicted octanol–water partition coefficient (Wildman–Crippen LogP) is 3.38. The molecule has 1 aromatic carbocycles. The molecule has 1 unspecified atom stereocenters. The summed E-state index contributed by atoms with van der Waals surface area (Å²) in [4.78, 5) is 0. The van der Waals surface area contributed by atoms with Crippen LogP contribution >= 0.6 is 23.2 Å². The summed E-state index contributed by atoms with van der Waals surface area (Å²) in [5.74, 6) is 0. The molecule has 16 heavy (non-hydrogen) atoms. The summed E-state index contributed by atoms with van der Waals surface area (Å²) in [6.45, 7) is 3.75. The Morgan fingerprint density at radius 2 is 2.12 bits per heavy atom. The van der Waals surface area contributed by atoms with Crippen molar-refractivity contribution >= 4 is 23.2 Å². The number of rotatable bonds is 6. The van der Waals surface area contributed by atoms with E-state index >= 15 is 0 Å². The van der Waals surface area contributed by atoms with E-state index in [1.54, 1.807) is 6.07 Å². The fraction of sp³-hybridized carbons (Fsp3) is 0.500. The van der Waals surface area contributed by atoms with E-state index in [1.165, 1.54) is 0 Å². The van der Waals surface area contributed by atoms with E-state index in [9.17, 15) is 0 Å². The van der Waals surface area contributed by atoms with Crippen LogP contribution in [0, 0.1) is 0 Å². The molecule has 0 saturated carbocycles. The molecule has 1 atom stereocenters. The number of hydrogen-bond acceptors (Lipinski definition) is 2. The maximum absolute atomic E-state index is 6.17. The van der Waals surface area contributed by atoms with Crippen LogP contribution in [0.15, 0.2) is 18.2 Å². The van der Waals surface area contributed by atoms with Gasteiger partial charge in [0.05, 0.1) is 0 Å². The molecule has 0 heterocycles. The van der Waals surface area contributed by atoms with Crippen LogP contribution in [-0.2, 0) is 0 Å². The second-order valence-corrected chi connectivity index (χ2v) is 4.57. The third-order valence-electron chi connectivity index (χ3n) is 2.52. The maximum Gasteiger partial charge on any atom is 0.0468 e. The molecule has 1 aromatic rings. The summed E-state index contributed by atoms with van der Waals surface area (Å²) in [5.41, 5.74) is 6.56. The minimum Gasteiger partial charge on any atom is -0.330 e. The smallest absolute Gasteiger partial charge is 0.0468 e. The van der Waals surface area contributed by atoms with Gasteiger partial charge in [-0.3, -0.25) is 0 Å². The van der Waals surface area contributed by atoms with Gasteiger partial charge in [-0.25, -0.2) is 0 Å². The van der Waals surface area contributed by atoms with Gasteiger partial charge in [-0.15, -0.1) is 0 Å². The summed E-state index contributed by atoms with van der Waals surface area (Å²) in [6.07, 6.45) is 1.97. The molecule has 0 fully saturated rings. The van der Waals surface area contributed by atoms with E-state index in [1.807, 2.05) is 12.1 Å². The fourth-order valence-electron chi connectivity index (χ4n) is 1.64. The zero-order valence-electron chi connectivity index (χ0n) is 9.47. The highest BCUT2D eigenvalue weighted by atomic mass is 35.5. The van der Waals surface area contributed by atoms with E-state index in [0.29, 0.717) is 11.6 Å². The highest BCUT2D eigenvalue weighted by molar-refractivity contribution is 6.35. The Balaban J connectivity index is 2.70. The first-order chi connectivity index (χ1) is 7.69. The van der Waals surface area contributed by atoms with Gasteiger partial charge in [-0.05, 0) is 43.6 Å². The standard InChI is InChI=1S/C12H18Cl2N2/c1-2-12(16-7-3-6-15)10-5-4-9(13)8-11(10)14/h4-5,8,12,16H,2-3,6-7,15H2,1H3. The molecule has 0 bridgehead atoms. The van der Waals surface area contributed by atoms with Crippen LogP contribution in [0.3, 0.4) is 0 Å². The van der Waals surface area contributed by atoms with Crippen molar-refractivity contribution < 1.29 is 0 Å². The number of hydrogen-bond donors (Lipinski definition) is 2. The van der Waals surface area contributed by atoms with E-state index in [2.05, 4.69) is 12.2 Å². The molecular formula is C12H18Cl2N2. The van der Waals surface area contributed by atoms with E-state index in [-0.39, 0.29) is 6.04 Å². The lowest BCUT2D eigenvalue weighted by Crippen LogP contribution is -2.23. The van der Waals surface area contributed by atoms with Crippen molar-refractivity contribution in [1.82, 2.24) is 5.32 Å². The van der Waals surface area contributed by atoms with Crippen molar-refractivity contribution in [3.63, 3.8) is 0 Å². The molecule has 0 aliphatic carbocycles. The topological polar surface area (TPSA) is 38.0 Å². The summed E-state index contributed by atoms with van der Waals surface area (Å²) >= 11 is 12.0. The normalized spacial score (nSPS) is 12.8. The minimum absolute atomic E-state index is 0.274. The third kappa shape index (κ3) is 3.95. The molecule has 90 valence electrons. The molecule has 0 amide bonds. The lowest BCUT2D eigenvalue weighted by Gasteiger charge is -2.18. The monoisotopic (exact) mass is 260 g/mol. The number of nitrogens with two attached hydrogens (primary N) is 1. The van der Waals surface area contributed by atoms with E-state index in [0.717, 1.165) is 30.0 Å². The second-order valence-electron chi connectivity index (χ2n) is 3.72. The van der Waals surface area contributed by atoms with Gasteiger partial charge in [0.1, 0.15) is 0 Å². The molecule has 0 aliphatic heterocycles. The van der Waals surface area contributed by atoms with Crippen LogP contribution in [-0.4, -0.2) is 13.1 Å². The van der Waals surface area contributed by atoms with Crippen LogP contribution in [0.4, 0.5) is 0 Å². The first-order valence-electron chi connectivity index (χ1n) is 5.57. The summed E-state index contributed by atoms with van der Waals surface area (Å²) in [5, 5.41) is 4.83. The Morgan fingerprint density at radius 3 is 2.69 bits per heavy atom. The van der Waals surface area contributed by atoms with Crippen LogP contribution in [0.5, 0.6) is 0 Å². The Bertz CT molecular complexity index is 329. The number of benzene rings is 1. The minimum atomic E-state index is 0.274. The highest BCUT2D eigenvalue weighted by Gasteiger charge is 2.11. The molecule has 0 spiro atoms. The van der Waals surface area contributed by atoms with Gasteiger partial charge in [-0.2, -0.15) is 0 Å². The average molecular weight is 261 g/mol. The van der Waals surface area contributed by atoms with Gasteiger partial charge in [0.25, 0.3) is 0 Å². The molecular weight excluding hydrogens is 243 g/mol. The highest BCUT2D eigenvalue weighted by Crippen LogP contribution is 2.27. The van der Waals surface area contributed by atoms with Crippen LogP contribution in [0.25, 0.3) is 0 Å². The van der Waals surface area contributed by atoms with Crippen molar-refractivity contribution in [3.05, 3.63) is 33.8 Å². The SMILES string of the molecule is CCC(NCCCN)c1ccc(Cl)cc1Cl. The maximum atomic E-state index is 6.17. The van der Waals surface area contributed by atoms with Crippen molar-refractivity contribution in [2.45, 2.75) is 25.8 Å². The van der Waals surface area contributed by atoms with Gasteiger partial charge in [0.15, 0.2) is 0 Å². The molecule has 0 radical (unpaired) electrons. The van der Waals surface area contributed by atoms with Crippen molar-refractivity contribution in [2.24, 2.45) is 5.73 Å². The summed E-state index contributed by atoms with van der Waals surface area (Å²) in [7, 11) is 0. The Labute approximate surface area is 107 Å². The zero-order valence-corrected chi connectivity index (χ0v) is 11.0. The number of halogens is 2. The van der Waals surface area contributed by atoms with Crippen molar-refractivity contribution in [3.8, 4) is 0 Å². The van der Waals surface area contributed by atoms with Gasteiger partial charge in [-0.1, -0.05) is 36.2 Å². The largest absolute Gasteiger partial charge is 0.330 e. The number of nitrogens with one attached hydrogen (secondary N) is 1. The lowest BCUT2D eigenvalue weighted by molar-refractivity contribution is 0.513. The first-order valence-corrected chi connectivity index (χ1v) is 6.33. The van der Waals surface area contributed by atoms with Gasteiger partial charge >= 0.3 is 0 Å². The Hall–Kier alpha value is -0.280. The van der Waals surface area contributed by atoms with Crippen LogP contribution in [0.2, 0.25) is 10.0 Å². The molecule has 0 aliphatic rings. The van der Waals surface area contributed by atoms with Crippen LogP contribution in [0.1, 0.15) is 31.4 Å². The summed E-state index contributed by atoms with van der Waals surface area (Å²) < 4.78 is 0. The predicted molar refractivity (Wildman–Crippen MR) is 71.2 cm³/mol. The molecule has 3 N–H and O–H groups in total. The van der Waals surface area contributed by atoms with Crippen molar-refractivity contribution in [2.75, 3.05) is 13.1 Å². The van der Waals surface area contributed by atoms with Gasteiger partial charge in [0, 0.05) is 16.1 Å². The zero-order chi connectivity index (χ0) is 12.0. The molecule has 1 rings (SSSR count).